The molecule has 2 atom stereocenters. The monoisotopic (exact) mass is 518 g/mol. The van der Waals surface area contributed by atoms with Crippen molar-refractivity contribution in [3.63, 3.8) is 0 Å². The average molecular weight is 520 g/mol. The lowest BCUT2D eigenvalue weighted by atomic mass is 9.80. The van der Waals surface area contributed by atoms with Gasteiger partial charge in [-0.05, 0) is 34.7 Å². The lowest BCUT2D eigenvalue weighted by Gasteiger charge is -2.48. The molecule has 1 rings (SSSR count). The number of aliphatic hydroxyl groups is 2. The Kier molecular flexibility index (Phi) is 9.57. The van der Waals surface area contributed by atoms with Gasteiger partial charge in [0.25, 0.3) is 0 Å². The minimum absolute atomic E-state index is 0.0461. The Labute approximate surface area is 200 Å². The summed E-state index contributed by atoms with van der Waals surface area (Å²) in [6, 6.07) is 4.15. The molecule has 0 radical (unpaired) electrons. The fraction of sp³-hybridized carbons (Fsp3) is 0.600. The Morgan fingerprint density at radius 1 is 1.12 bits per heavy atom. The quantitative estimate of drug-likeness (QED) is 0.424. The van der Waals surface area contributed by atoms with Crippen molar-refractivity contribution in [2.24, 2.45) is 5.41 Å². The average Bonchev–Trinajstić information content (AvgIpc) is 2.65. The van der Waals surface area contributed by atoms with Gasteiger partial charge in [-0.25, -0.2) is 4.79 Å². The molecule has 2 unspecified atom stereocenters. The molecule has 0 fully saturated rings. The summed E-state index contributed by atoms with van der Waals surface area (Å²) in [5.74, 6) is -1.76. The number of hydrogen-bond donors (Lipinski definition) is 3. The molecule has 0 spiro atoms. The number of rotatable bonds is 9. The van der Waals surface area contributed by atoms with Gasteiger partial charge in [-0.1, -0.05) is 50.0 Å². The predicted molar refractivity (Wildman–Crippen MR) is 118 cm³/mol. The number of amides is 2. The molecule has 0 saturated heterocycles. The molecule has 3 N–H and O–H groups in total. The van der Waals surface area contributed by atoms with Gasteiger partial charge in [0.15, 0.2) is 0 Å². The SMILES string of the molecule is CN(CC(CC(O)CO)(c1ccc(Cl)c(Cl)c1)N(CC(C)(C)C)C(=O)O)C(=O)C(F)(F)Cl. The molecule has 0 aliphatic rings. The highest BCUT2D eigenvalue weighted by Crippen LogP contribution is 2.40. The zero-order valence-corrected chi connectivity index (χ0v) is 20.3. The van der Waals surface area contributed by atoms with Gasteiger partial charge in [0.1, 0.15) is 0 Å². The van der Waals surface area contributed by atoms with Gasteiger partial charge in [0.2, 0.25) is 0 Å². The first-order valence-corrected chi connectivity index (χ1v) is 10.7. The normalized spacial score (nSPS) is 15.1. The lowest BCUT2D eigenvalue weighted by molar-refractivity contribution is -0.148. The van der Waals surface area contributed by atoms with Crippen LogP contribution in [0.25, 0.3) is 0 Å². The first-order valence-electron chi connectivity index (χ1n) is 9.52. The van der Waals surface area contributed by atoms with E-state index in [4.69, 9.17) is 34.8 Å². The fourth-order valence-electron chi connectivity index (χ4n) is 3.42. The molecule has 7 nitrogen and oxygen atoms in total. The minimum atomic E-state index is -4.23. The van der Waals surface area contributed by atoms with Gasteiger partial charge < -0.3 is 20.2 Å². The van der Waals surface area contributed by atoms with E-state index in [1.165, 1.54) is 18.2 Å². The molecule has 2 amide bonds. The summed E-state index contributed by atoms with van der Waals surface area (Å²) in [6.45, 7) is 3.80. The van der Waals surface area contributed by atoms with Gasteiger partial charge in [-0.3, -0.25) is 9.69 Å². The first-order chi connectivity index (χ1) is 14.4. The van der Waals surface area contributed by atoms with Crippen LogP contribution >= 0.6 is 34.8 Å². The Morgan fingerprint density at radius 3 is 2.09 bits per heavy atom. The van der Waals surface area contributed by atoms with Crippen LogP contribution in [0.1, 0.15) is 32.8 Å². The van der Waals surface area contributed by atoms with Gasteiger partial charge in [0, 0.05) is 26.6 Å². The summed E-state index contributed by atoms with van der Waals surface area (Å²) in [7, 11) is 1.04. The highest BCUT2D eigenvalue weighted by molar-refractivity contribution is 6.42. The van der Waals surface area contributed by atoms with E-state index < -0.39 is 54.0 Å². The number of benzene rings is 1. The lowest BCUT2D eigenvalue weighted by Crippen LogP contribution is -2.59. The fourth-order valence-corrected chi connectivity index (χ4v) is 3.86. The van der Waals surface area contributed by atoms with E-state index in [0.717, 1.165) is 11.9 Å². The maximum Gasteiger partial charge on any atom is 0.408 e. The Hall–Kier alpha value is -1.39. The number of hydrogen-bond acceptors (Lipinski definition) is 4. The number of halogens is 5. The molecular weight excluding hydrogens is 493 g/mol. The standard InChI is InChI=1S/C20H27Cl3F2N2O5/c1-18(2,3)10-27(17(31)32)19(8-13(29)9-28,11-26(4)16(30)20(23,24)25)12-5-6-14(21)15(22)7-12/h5-7,13,28-29H,8-11H2,1-4H3,(H,31,32). The van der Waals surface area contributed by atoms with Gasteiger partial charge in [-0.15, -0.1) is 0 Å². The van der Waals surface area contributed by atoms with Crippen molar-refractivity contribution in [2.45, 2.75) is 44.2 Å². The van der Waals surface area contributed by atoms with E-state index in [9.17, 15) is 33.7 Å². The summed E-state index contributed by atoms with van der Waals surface area (Å²) in [5, 5.41) is 25.9. The predicted octanol–water partition coefficient (Wildman–Crippen LogP) is 4.25. The van der Waals surface area contributed by atoms with Crippen molar-refractivity contribution in [2.75, 3.05) is 26.7 Å². The molecule has 0 aromatic heterocycles. The number of carbonyl (C=O) groups is 2. The molecule has 32 heavy (non-hydrogen) atoms. The number of carbonyl (C=O) groups excluding carboxylic acids is 1. The second-order valence-corrected chi connectivity index (χ2v) is 10.1. The zero-order chi connectivity index (χ0) is 25.1. The summed E-state index contributed by atoms with van der Waals surface area (Å²) in [6.07, 6.45) is -3.32. The van der Waals surface area contributed by atoms with Crippen molar-refractivity contribution < 1.29 is 33.7 Å². The van der Waals surface area contributed by atoms with Crippen LogP contribution in [0.3, 0.4) is 0 Å². The van der Waals surface area contributed by atoms with Crippen LogP contribution in [-0.2, 0) is 10.3 Å². The number of likely N-dealkylation sites (N-methyl/N-ethyl adjacent to an activating group) is 1. The van der Waals surface area contributed by atoms with Crippen molar-refractivity contribution in [3.05, 3.63) is 33.8 Å². The van der Waals surface area contributed by atoms with Gasteiger partial charge >= 0.3 is 17.4 Å². The Bertz CT molecular complexity index is 832. The van der Waals surface area contributed by atoms with E-state index in [2.05, 4.69) is 0 Å². The van der Waals surface area contributed by atoms with Gasteiger partial charge in [0.05, 0.1) is 28.3 Å². The van der Waals surface area contributed by atoms with Crippen LogP contribution in [0, 0.1) is 5.41 Å². The maximum absolute atomic E-state index is 13.5. The van der Waals surface area contributed by atoms with Crippen molar-refractivity contribution >= 4 is 46.8 Å². The molecule has 0 aliphatic heterocycles. The van der Waals surface area contributed by atoms with Crippen LogP contribution in [0.15, 0.2) is 18.2 Å². The maximum atomic E-state index is 13.5. The molecule has 12 heteroatoms. The Balaban J connectivity index is 3.85. The molecule has 1 aromatic rings. The third-order valence-electron chi connectivity index (χ3n) is 4.71. The number of aliphatic hydroxyl groups excluding tert-OH is 2. The number of nitrogens with zero attached hydrogens (tertiary/aromatic N) is 2. The van der Waals surface area contributed by atoms with Crippen molar-refractivity contribution in [1.29, 1.82) is 0 Å². The summed E-state index contributed by atoms with van der Waals surface area (Å²) in [5.41, 5.74) is -2.21. The third-order valence-corrected chi connectivity index (χ3v) is 5.61. The first kappa shape index (κ1) is 28.6. The zero-order valence-electron chi connectivity index (χ0n) is 18.1. The molecular formula is C20H27Cl3F2N2O5. The highest BCUT2D eigenvalue weighted by Gasteiger charge is 2.48. The third kappa shape index (κ3) is 7.31. The van der Waals surface area contributed by atoms with E-state index in [1.54, 1.807) is 20.8 Å². The number of carboxylic acid groups (broad SMARTS) is 1. The van der Waals surface area contributed by atoms with Crippen LogP contribution in [0.4, 0.5) is 13.6 Å². The summed E-state index contributed by atoms with van der Waals surface area (Å²) in [4.78, 5) is 26.1. The molecule has 0 aliphatic carbocycles. The molecule has 182 valence electrons. The highest BCUT2D eigenvalue weighted by atomic mass is 35.5. The second kappa shape index (κ2) is 10.7. The van der Waals surface area contributed by atoms with Crippen LogP contribution < -0.4 is 0 Å². The van der Waals surface area contributed by atoms with Crippen LogP contribution in [0.5, 0.6) is 0 Å². The van der Waals surface area contributed by atoms with E-state index >= 15 is 0 Å². The summed E-state index contributed by atoms with van der Waals surface area (Å²) >= 11 is 17.0. The summed E-state index contributed by atoms with van der Waals surface area (Å²) < 4.78 is 27.1. The molecule has 0 heterocycles. The van der Waals surface area contributed by atoms with E-state index in [-0.39, 0.29) is 22.2 Å². The van der Waals surface area contributed by atoms with E-state index in [1.807, 2.05) is 0 Å². The largest absolute Gasteiger partial charge is 0.465 e. The van der Waals surface area contributed by atoms with Gasteiger partial charge in [-0.2, -0.15) is 8.78 Å². The van der Waals surface area contributed by atoms with Crippen LogP contribution in [-0.4, -0.2) is 75.3 Å². The molecule has 1 aromatic carbocycles. The van der Waals surface area contributed by atoms with E-state index in [0.29, 0.717) is 4.90 Å². The molecule has 0 saturated carbocycles. The minimum Gasteiger partial charge on any atom is -0.465 e. The topological polar surface area (TPSA) is 101 Å². The smallest absolute Gasteiger partial charge is 0.408 e. The Morgan fingerprint density at radius 2 is 1.69 bits per heavy atom. The molecule has 0 bridgehead atoms. The van der Waals surface area contributed by atoms with Crippen molar-refractivity contribution in [1.82, 2.24) is 9.80 Å². The second-order valence-electron chi connectivity index (χ2n) is 8.79. The van der Waals surface area contributed by atoms with Crippen molar-refractivity contribution in [3.8, 4) is 0 Å². The number of alkyl halides is 3. The van der Waals surface area contributed by atoms with Crippen LogP contribution in [0.2, 0.25) is 10.0 Å².